The Morgan fingerprint density at radius 3 is 2.00 bits per heavy atom. The largest absolute Gasteiger partial charge is 0.203 e. The molecule has 0 bridgehead atoms. The first-order valence-corrected chi connectivity index (χ1v) is 4.48. The van der Waals surface area contributed by atoms with E-state index in [0.717, 1.165) is 0 Å². The van der Waals surface area contributed by atoms with Crippen molar-refractivity contribution >= 4 is 0 Å². The molecular weight excluding hydrogens is 182 g/mol. The average Bonchev–Trinajstić information content (AvgIpc) is 2.17. The molecule has 0 aliphatic rings. The second kappa shape index (κ2) is 5.53. The first kappa shape index (κ1) is 12.8. The Bertz CT molecular complexity index is 303. The zero-order valence-electron chi connectivity index (χ0n) is 8.90. The summed E-state index contributed by atoms with van der Waals surface area (Å²) in [6, 6.07) is 3.24. The van der Waals surface area contributed by atoms with Crippen LogP contribution >= 0.6 is 0 Å². The van der Waals surface area contributed by atoms with Crippen LogP contribution in [0.25, 0.3) is 0 Å². The highest BCUT2D eigenvalue weighted by Crippen LogP contribution is 2.22. The maximum absolute atomic E-state index is 13.1. The smallest absolute Gasteiger partial charge is 0.162 e. The fourth-order valence-corrected chi connectivity index (χ4v) is 1.11. The molecular formula is C12H16F2. The summed E-state index contributed by atoms with van der Waals surface area (Å²) in [6.45, 7) is 11.2. The normalized spacial score (nSPS) is 9.57. The number of rotatable bonds is 1. The van der Waals surface area contributed by atoms with Crippen LogP contribution < -0.4 is 0 Å². The van der Waals surface area contributed by atoms with Crippen molar-refractivity contribution < 1.29 is 8.78 Å². The lowest BCUT2D eigenvalue weighted by Gasteiger charge is -2.08. The van der Waals surface area contributed by atoms with E-state index in [0.29, 0.717) is 11.1 Å². The van der Waals surface area contributed by atoms with Gasteiger partial charge in [-0.15, -0.1) is 13.2 Å². The molecule has 1 aromatic rings. The summed E-state index contributed by atoms with van der Waals surface area (Å²) in [5, 5.41) is 0. The van der Waals surface area contributed by atoms with Gasteiger partial charge in [0.15, 0.2) is 11.6 Å². The minimum Gasteiger partial charge on any atom is -0.203 e. The molecule has 14 heavy (non-hydrogen) atoms. The van der Waals surface area contributed by atoms with Gasteiger partial charge in [-0.25, -0.2) is 8.78 Å². The van der Waals surface area contributed by atoms with Crippen molar-refractivity contribution in [2.75, 3.05) is 0 Å². The number of aryl methyl sites for hydroxylation is 1. The Morgan fingerprint density at radius 1 is 1.07 bits per heavy atom. The Kier molecular flexibility index (Phi) is 5.06. The SMILES string of the molecule is C=C.Cc1ccc(C(C)C)c(F)c1F. The van der Waals surface area contributed by atoms with Gasteiger partial charge in [-0.1, -0.05) is 26.0 Å². The van der Waals surface area contributed by atoms with Gasteiger partial charge in [-0.2, -0.15) is 0 Å². The monoisotopic (exact) mass is 198 g/mol. The molecule has 0 spiro atoms. The van der Waals surface area contributed by atoms with E-state index in [4.69, 9.17) is 0 Å². The van der Waals surface area contributed by atoms with Gasteiger partial charge in [0.25, 0.3) is 0 Å². The lowest BCUT2D eigenvalue weighted by atomic mass is 10.0. The van der Waals surface area contributed by atoms with E-state index in [2.05, 4.69) is 13.2 Å². The Morgan fingerprint density at radius 2 is 1.57 bits per heavy atom. The van der Waals surface area contributed by atoms with Gasteiger partial charge in [-0.05, 0) is 24.0 Å². The molecule has 0 nitrogen and oxygen atoms in total. The van der Waals surface area contributed by atoms with Crippen LogP contribution in [-0.4, -0.2) is 0 Å². The number of benzene rings is 1. The Balaban J connectivity index is 0.000000791. The van der Waals surface area contributed by atoms with Crippen molar-refractivity contribution in [3.8, 4) is 0 Å². The predicted molar refractivity (Wildman–Crippen MR) is 56.4 cm³/mol. The summed E-state index contributed by atoms with van der Waals surface area (Å²) in [6.07, 6.45) is 0. The van der Waals surface area contributed by atoms with E-state index < -0.39 is 11.6 Å². The van der Waals surface area contributed by atoms with Crippen LogP contribution in [0.15, 0.2) is 25.3 Å². The number of hydrogen-bond acceptors (Lipinski definition) is 0. The zero-order chi connectivity index (χ0) is 11.3. The highest BCUT2D eigenvalue weighted by Gasteiger charge is 2.12. The zero-order valence-corrected chi connectivity index (χ0v) is 8.90. The Labute approximate surface area is 84.3 Å². The maximum atomic E-state index is 13.1. The fraction of sp³-hybridized carbons (Fsp3) is 0.333. The highest BCUT2D eigenvalue weighted by atomic mass is 19.2. The lowest BCUT2D eigenvalue weighted by Crippen LogP contribution is -1.98. The number of halogens is 2. The molecule has 0 N–H and O–H groups in total. The molecule has 2 heteroatoms. The van der Waals surface area contributed by atoms with Crippen molar-refractivity contribution in [3.63, 3.8) is 0 Å². The van der Waals surface area contributed by atoms with Gasteiger partial charge in [0.2, 0.25) is 0 Å². The van der Waals surface area contributed by atoms with Gasteiger partial charge in [0.1, 0.15) is 0 Å². The van der Waals surface area contributed by atoms with Crippen LogP contribution in [0.1, 0.15) is 30.9 Å². The molecule has 1 aromatic carbocycles. The van der Waals surface area contributed by atoms with Crippen LogP contribution in [-0.2, 0) is 0 Å². The van der Waals surface area contributed by atoms with Gasteiger partial charge in [0.05, 0.1) is 0 Å². The fourth-order valence-electron chi connectivity index (χ4n) is 1.11. The van der Waals surface area contributed by atoms with Crippen molar-refractivity contribution in [2.24, 2.45) is 0 Å². The average molecular weight is 198 g/mol. The quantitative estimate of drug-likeness (QED) is 0.593. The van der Waals surface area contributed by atoms with E-state index in [1.165, 1.54) is 0 Å². The molecule has 0 heterocycles. The molecule has 0 aromatic heterocycles. The van der Waals surface area contributed by atoms with Crippen molar-refractivity contribution in [1.29, 1.82) is 0 Å². The van der Waals surface area contributed by atoms with Gasteiger partial charge in [0, 0.05) is 0 Å². The molecule has 0 saturated heterocycles. The van der Waals surface area contributed by atoms with Crippen molar-refractivity contribution in [3.05, 3.63) is 48.1 Å². The predicted octanol–water partition coefficient (Wildman–Crippen LogP) is 4.20. The summed E-state index contributed by atoms with van der Waals surface area (Å²) in [5.74, 6) is -1.40. The van der Waals surface area contributed by atoms with Crippen molar-refractivity contribution in [1.82, 2.24) is 0 Å². The van der Waals surface area contributed by atoms with E-state index >= 15 is 0 Å². The molecule has 0 aliphatic heterocycles. The minimum atomic E-state index is -0.721. The van der Waals surface area contributed by atoms with E-state index in [1.54, 1.807) is 19.1 Å². The summed E-state index contributed by atoms with van der Waals surface area (Å²) in [7, 11) is 0. The van der Waals surface area contributed by atoms with Gasteiger partial charge >= 0.3 is 0 Å². The molecule has 0 unspecified atom stereocenters. The van der Waals surface area contributed by atoms with Crippen LogP contribution in [0.2, 0.25) is 0 Å². The summed E-state index contributed by atoms with van der Waals surface area (Å²) >= 11 is 0. The second-order valence-corrected chi connectivity index (χ2v) is 3.25. The third-order valence-corrected chi connectivity index (χ3v) is 1.93. The molecule has 0 amide bonds. The van der Waals surface area contributed by atoms with E-state index in [-0.39, 0.29) is 5.92 Å². The molecule has 0 aliphatic carbocycles. The topological polar surface area (TPSA) is 0 Å². The van der Waals surface area contributed by atoms with E-state index in [9.17, 15) is 8.78 Å². The summed E-state index contributed by atoms with van der Waals surface area (Å²) in [4.78, 5) is 0. The summed E-state index contributed by atoms with van der Waals surface area (Å²) < 4.78 is 26.1. The molecule has 0 radical (unpaired) electrons. The highest BCUT2D eigenvalue weighted by molar-refractivity contribution is 5.27. The number of hydrogen-bond donors (Lipinski definition) is 0. The molecule has 1 rings (SSSR count). The van der Waals surface area contributed by atoms with Gasteiger partial charge < -0.3 is 0 Å². The third-order valence-electron chi connectivity index (χ3n) is 1.93. The van der Waals surface area contributed by atoms with Crippen LogP contribution in [0, 0.1) is 18.6 Å². The molecule has 0 saturated carbocycles. The lowest BCUT2D eigenvalue weighted by molar-refractivity contribution is 0.489. The maximum Gasteiger partial charge on any atom is 0.162 e. The summed E-state index contributed by atoms with van der Waals surface area (Å²) in [5.41, 5.74) is 0.801. The minimum absolute atomic E-state index is 0.0279. The molecule has 0 atom stereocenters. The first-order valence-electron chi connectivity index (χ1n) is 4.48. The van der Waals surface area contributed by atoms with E-state index in [1.807, 2.05) is 13.8 Å². The van der Waals surface area contributed by atoms with Crippen LogP contribution in [0.3, 0.4) is 0 Å². The van der Waals surface area contributed by atoms with Crippen molar-refractivity contribution in [2.45, 2.75) is 26.7 Å². The standard InChI is InChI=1S/C10H12F2.C2H4/c1-6(2)8-5-4-7(3)9(11)10(8)12;1-2/h4-6H,1-3H3;1-2H2. The van der Waals surface area contributed by atoms with Crippen LogP contribution in [0.4, 0.5) is 8.78 Å². The van der Waals surface area contributed by atoms with Crippen LogP contribution in [0.5, 0.6) is 0 Å². The first-order chi connectivity index (χ1) is 6.54. The van der Waals surface area contributed by atoms with Gasteiger partial charge in [-0.3, -0.25) is 0 Å². The second-order valence-electron chi connectivity index (χ2n) is 3.25. The third kappa shape index (κ3) is 2.66. The molecule has 78 valence electrons. The Hall–Kier alpha value is -1.18. The molecule has 0 fully saturated rings.